The van der Waals surface area contributed by atoms with E-state index in [1.54, 1.807) is 36.4 Å². The van der Waals surface area contributed by atoms with Gasteiger partial charge >= 0.3 is 6.09 Å². The molecular formula is C17H14Cl2N4O5. The number of amides is 1. The number of nitrogens with one attached hydrogen (secondary N) is 1. The summed E-state index contributed by atoms with van der Waals surface area (Å²) >= 11 is 12.3. The van der Waals surface area contributed by atoms with Crippen molar-refractivity contribution in [2.75, 3.05) is 18.4 Å². The van der Waals surface area contributed by atoms with Crippen LogP contribution >= 0.6 is 23.2 Å². The minimum Gasteiger partial charge on any atom is -0.410 e. The van der Waals surface area contributed by atoms with Gasteiger partial charge in [0.2, 0.25) is 5.96 Å². The summed E-state index contributed by atoms with van der Waals surface area (Å²) in [6, 6.07) is 11.4. The number of guanidine groups is 1. The summed E-state index contributed by atoms with van der Waals surface area (Å²) in [6.07, 6.45) is -0.708. The SMILES string of the molecule is O=C(Oc1ccccc1CO[N+](=O)[O-])N1CCN=C1Nc1c(Cl)cccc1Cl. The molecule has 0 atom stereocenters. The van der Waals surface area contributed by atoms with Crippen molar-refractivity contribution in [1.29, 1.82) is 0 Å². The van der Waals surface area contributed by atoms with Crippen molar-refractivity contribution >= 4 is 40.9 Å². The number of hydrogen-bond acceptors (Lipinski definition) is 7. The summed E-state index contributed by atoms with van der Waals surface area (Å²) in [5.41, 5.74) is 0.774. The zero-order valence-corrected chi connectivity index (χ0v) is 15.8. The van der Waals surface area contributed by atoms with Crippen molar-refractivity contribution in [1.82, 2.24) is 4.90 Å². The normalized spacial score (nSPS) is 13.1. The molecule has 1 amide bonds. The molecule has 28 heavy (non-hydrogen) atoms. The molecule has 2 aromatic carbocycles. The van der Waals surface area contributed by atoms with Gasteiger partial charge in [-0.2, -0.15) is 0 Å². The number of para-hydroxylation sites is 2. The minimum absolute atomic E-state index is 0.149. The molecule has 0 saturated carbocycles. The molecule has 0 saturated heterocycles. The molecule has 2 aromatic rings. The maximum absolute atomic E-state index is 12.6. The van der Waals surface area contributed by atoms with Crippen LogP contribution in [0.1, 0.15) is 5.56 Å². The number of ether oxygens (including phenoxy) is 1. The van der Waals surface area contributed by atoms with Crippen molar-refractivity contribution in [3.63, 3.8) is 0 Å². The van der Waals surface area contributed by atoms with Crippen LogP contribution in [0.5, 0.6) is 5.75 Å². The largest absolute Gasteiger partial charge is 0.422 e. The third-order valence-corrected chi connectivity index (χ3v) is 4.39. The Balaban J connectivity index is 1.73. The summed E-state index contributed by atoms with van der Waals surface area (Å²) < 4.78 is 5.39. The smallest absolute Gasteiger partial charge is 0.410 e. The average Bonchev–Trinajstić information content (AvgIpc) is 3.12. The van der Waals surface area contributed by atoms with Gasteiger partial charge in [0.25, 0.3) is 5.09 Å². The lowest BCUT2D eigenvalue weighted by Crippen LogP contribution is -2.40. The van der Waals surface area contributed by atoms with Crippen LogP contribution in [-0.2, 0) is 11.4 Å². The number of benzene rings is 2. The predicted octanol–water partition coefficient (Wildman–Crippen LogP) is 3.98. The molecule has 0 bridgehead atoms. The highest BCUT2D eigenvalue weighted by atomic mass is 35.5. The summed E-state index contributed by atoms with van der Waals surface area (Å²) in [6.45, 7) is 0.313. The van der Waals surface area contributed by atoms with Crippen LogP contribution in [-0.4, -0.2) is 35.1 Å². The number of halogens is 2. The Morgan fingerprint density at radius 1 is 1.21 bits per heavy atom. The quantitative estimate of drug-likeness (QED) is 0.574. The van der Waals surface area contributed by atoms with Gasteiger partial charge in [-0.1, -0.05) is 47.5 Å². The number of carbonyl (C=O) groups excluding carboxylic acids is 1. The van der Waals surface area contributed by atoms with E-state index in [2.05, 4.69) is 15.1 Å². The number of anilines is 1. The first-order valence-electron chi connectivity index (χ1n) is 8.05. The molecule has 0 radical (unpaired) electrons. The van der Waals surface area contributed by atoms with Crippen molar-refractivity contribution in [2.24, 2.45) is 4.99 Å². The van der Waals surface area contributed by atoms with Crippen molar-refractivity contribution in [3.8, 4) is 5.75 Å². The van der Waals surface area contributed by atoms with E-state index in [1.807, 2.05) is 0 Å². The first kappa shape index (κ1) is 19.7. The number of nitrogens with zero attached hydrogens (tertiary/aromatic N) is 3. The standard InChI is InChI=1S/C17H14Cl2N4O5/c18-12-5-3-6-13(19)15(12)21-16-20-8-9-22(16)17(24)28-14-7-2-1-4-11(14)10-27-23(25)26/h1-7H,8-10H2,(H,20,21). The molecular weight excluding hydrogens is 411 g/mol. The van der Waals surface area contributed by atoms with E-state index < -0.39 is 11.2 Å². The fraction of sp³-hybridized carbons (Fsp3) is 0.176. The van der Waals surface area contributed by atoms with Crippen LogP contribution in [0.3, 0.4) is 0 Å². The Labute approximate surface area is 169 Å². The molecule has 3 rings (SSSR count). The van der Waals surface area contributed by atoms with E-state index in [4.69, 9.17) is 27.9 Å². The fourth-order valence-electron chi connectivity index (χ4n) is 2.46. The zero-order chi connectivity index (χ0) is 20.1. The van der Waals surface area contributed by atoms with Crippen LogP contribution in [0.25, 0.3) is 0 Å². The molecule has 1 N–H and O–H groups in total. The van der Waals surface area contributed by atoms with Gasteiger partial charge in [0, 0.05) is 5.56 Å². The van der Waals surface area contributed by atoms with Crippen LogP contribution in [0.2, 0.25) is 10.0 Å². The molecule has 1 heterocycles. The van der Waals surface area contributed by atoms with Gasteiger partial charge in [0.05, 0.1) is 28.8 Å². The molecule has 0 aromatic heterocycles. The first-order chi connectivity index (χ1) is 13.5. The summed E-state index contributed by atoms with van der Waals surface area (Å²) in [7, 11) is 0. The first-order valence-corrected chi connectivity index (χ1v) is 8.81. The Morgan fingerprint density at radius 2 is 1.93 bits per heavy atom. The second-order valence-electron chi connectivity index (χ2n) is 5.55. The number of carbonyl (C=O) groups is 1. The van der Waals surface area contributed by atoms with E-state index in [0.29, 0.717) is 27.8 Å². The maximum Gasteiger partial charge on any atom is 0.422 e. The highest BCUT2D eigenvalue weighted by molar-refractivity contribution is 6.39. The van der Waals surface area contributed by atoms with Crippen LogP contribution in [0.4, 0.5) is 10.5 Å². The molecule has 0 fully saturated rings. The van der Waals surface area contributed by atoms with Gasteiger partial charge in [0.1, 0.15) is 12.4 Å². The summed E-state index contributed by atoms with van der Waals surface area (Å²) in [5, 5.41) is 13.2. The second-order valence-corrected chi connectivity index (χ2v) is 6.37. The molecule has 0 aliphatic carbocycles. The Hall–Kier alpha value is -3.04. The van der Waals surface area contributed by atoms with Gasteiger partial charge < -0.3 is 14.9 Å². The topological polar surface area (TPSA) is 106 Å². The number of rotatable bonds is 5. The van der Waals surface area contributed by atoms with Crippen molar-refractivity contribution < 1.29 is 19.5 Å². The number of hydrogen-bond donors (Lipinski definition) is 1. The summed E-state index contributed by atoms with van der Waals surface area (Å²) in [5.74, 6) is 0.385. The average molecular weight is 425 g/mol. The van der Waals surface area contributed by atoms with Gasteiger partial charge in [-0.05, 0) is 18.2 Å². The van der Waals surface area contributed by atoms with Crippen molar-refractivity contribution in [3.05, 3.63) is 68.2 Å². The van der Waals surface area contributed by atoms with E-state index in [1.165, 1.54) is 11.0 Å². The zero-order valence-electron chi connectivity index (χ0n) is 14.3. The third kappa shape index (κ3) is 4.62. The Morgan fingerprint density at radius 3 is 2.64 bits per heavy atom. The van der Waals surface area contributed by atoms with Gasteiger partial charge in [-0.25, -0.2) is 9.69 Å². The lowest BCUT2D eigenvalue weighted by Gasteiger charge is -2.20. The van der Waals surface area contributed by atoms with Crippen molar-refractivity contribution in [2.45, 2.75) is 6.61 Å². The van der Waals surface area contributed by atoms with E-state index >= 15 is 0 Å². The molecule has 0 unspecified atom stereocenters. The van der Waals surface area contributed by atoms with Crippen LogP contribution in [0.15, 0.2) is 47.5 Å². The minimum atomic E-state index is -0.916. The molecule has 146 valence electrons. The third-order valence-electron chi connectivity index (χ3n) is 3.76. The summed E-state index contributed by atoms with van der Waals surface area (Å²) in [4.78, 5) is 32.9. The molecule has 0 spiro atoms. The van der Waals surface area contributed by atoms with Gasteiger partial charge in [-0.3, -0.25) is 4.99 Å². The molecule has 1 aliphatic rings. The Kier molecular flexibility index (Phi) is 6.17. The second kappa shape index (κ2) is 8.77. The lowest BCUT2D eigenvalue weighted by molar-refractivity contribution is -0.763. The maximum atomic E-state index is 12.6. The Bertz CT molecular complexity index is 917. The lowest BCUT2D eigenvalue weighted by atomic mass is 10.2. The monoisotopic (exact) mass is 424 g/mol. The predicted molar refractivity (Wildman–Crippen MR) is 103 cm³/mol. The van der Waals surface area contributed by atoms with E-state index in [9.17, 15) is 14.9 Å². The van der Waals surface area contributed by atoms with Gasteiger partial charge in [-0.15, -0.1) is 10.1 Å². The van der Waals surface area contributed by atoms with Crippen LogP contribution in [0, 0.1) is 10.1 Å². The highest BCUT2D eigenvalue weighted by Gasteiger charge is 2.27. The molecule has 1 aliphatic heterocycles. The van der Waals surface area contributed by atoms with Crippen LogP contribution < -0.4 is 10.1 Å². The molecule has 9 nitrogen and oxygen atoms in total. The van der Waals surface area contributed by atoms with E-state index in [-0.39, 0.29) is 24.9 Å². The number of aliphatic imine (C=N–C) groups is 1. The fourth-order valence-corrected chi connectivity index (χ4v) is 2.95. The van der Waals surface area contributed by atoms with E-state index in [0.717, 1.165) is 0 Å². The molecule has 11 heteroatoms. The van der Waals surface area contributed by atoms with Gasteiger partial charge in [0.15, 0.2) is 0 Å². The highest BCUT2D eigenvalue weighted by Crippen LogP contribution is 2.30.